The van der Waals surface area contributed by atoms with Gasteiger partial charge >= 0.3 is 6.36 Å². The van der Waals surface area contributed by atoms with Gasteiger partial charge in [-0.05, 0) is 67.1 Å². The van der Waals surface area contributed by atoms with Crippen LogP contribution in [0.5, 0.6) is 5.75 Å². The van der Waals surface area contributed by atoms with Crippen molar-refractivity contribution >= 4 is 0 Å². The Morgan fingerprint density at radius 1 is 0.781 bits per heavy atom. The minimum Gasteiger partial charge on any atom is -0.403 e. The Kier molecular flexibility index (Phi) is 9.73. The fourth-order valence-electron chi connectivity index (χ4n) is 5.95. The van der Waals surface area contributed by atoms with Crippen LogP contribution in [0.3, 0.4) is 0 Å². The van der Waals surface area contributed by atoms with Gasteiger partial charge in [-0.3, -0.25) is 0 Å². The molecule has 0 spiro atoms. The van der Waals surface area contributed by atoms with Crippen LogP contribution in [0.1, 0.15) is 115 Å². The molecule has 0 amide bonds. The molecule has 3 rings (SSSR count). The van der Waals surface area contributed by atoms with Crippen molar-refractivity contribution in [1.82, 2.24) is 0 Å². The van der Waals surface area contributed by atoms with E-state index < -0.39 is 17.9 Å². The monoisotopic (exact) mass is 456 g/mol. The first-order valence-corrected chi connectivity index (χ1v) is 12.9. The number of unbranched alkanes of at least 4 members (excludes halogenated alkanes) is 2. The number of halogens is 4. The van der Waals surface area contributed by atoms with Gasteiger partial charge in [0.15, 0.2) is 11.6 Å². The fourth-order valence-corrected chi connectivity index (χ4v) is 5.95. The van der Waals surface area contributed by atoms with Crippen molar-refractivity contribution in [2.24, 2.45) is 17.8 Å². The van der Waals surface area contributed by atoms with Crippen molar-refractivity contribution in [1.29, 1.82) is 0 Å². The molecule has 182 valence electrons. The van der Waals surface area contributed by atoms with Gasteiger partial charge in [0.2, 0.25) is 0 Å². The first-order chi connectivity index (χ1) is 15.3. The highest BCUT2D eigenvalue weighted by atomic mass is 19.4. The second-order valence-electron chi connectivity index (χ2n) is 10.3. The lowest BCUT2D eigenvalue weighted by atomic mass is 9.75. The van der Waals surface area contributed by atoms with Gasteiger partial charge in [0.05, 0.1) is 0 Å². The van der Waals surface area contributed by atoms with Crippen LogP contribution in [0.15, 0.2) is 18.2 Å². The number of benzene rings is 1. The van der Waals surface area contributed by atoms with E-state index in [1.807, 2.05) is 0 Å². The molecule has 1 aromatic rings. The number of rotatable bonds is 10. The standard InChI is InChI=1S/C27H40F4O/c1-2-3-4-6-20-9-11-21(12-10-20)7-5-8-22-13-15-23(16-14-22)24-17-18-26(25(28)19-24)32-27(29,30)31/h17-23H,2-16H2,1H3. The predicted molar refractivity (Wildman–Crippen MR) is 121 cm³/mol. The molecule has 32 heavy (non-hydrogen) atoms. The zero-order chi connectivity index (χ0) is 23.0. The topological polar surface area (TPSA) is 9.23 Å². The Labute approximate surface area is 191 Å². The average molecular weight is 457 g/mol. The highest BCUT2D eigenvalue weighted by Gasteiger charge is 2.33. The van der Waals surface area contributed by atoms with Gasteiger partial charge in [0.25, 0.3) is 0 Å². The van der Waals surface area contributed by atoms with Gasteiger partial charge in [-0.15, -0.1) is 13.2 Å². The second kappa shape index (κ2) is 12.3. The third kappa shape index (κ3) is 8.26. The lowest BCUT2D eigenvalue weighted by molar-refractivity contribution is -0.275. The summed E-state index contributed by atoms with van der Waals surface area (Å²) in [4.78, 5) is 0. The van der Waals surface area contributed by atoms with E-state index in [1.54, 1.807) is 6.07 Å². The lowest BCUT2D eigenvalue weighted by Crippen LogP contribution is -2.18. The van der Waals surface area contributed by atoms with E-state index in [9.17, 15) is 17.6 Å². The van der Waals surface area contributed by atoms with Crippen LogP contribution >= 0.6 is 0 Å². The van der Waals surface area contributed by atoms with E-state index in [1.165, 1.54) is 76.7 Å². The van der Waals surface area contributed by atoms with Crippen LogP contribution in [0, 0.1) is 23.6 Å². The molecule has 0 unspecified atom stereocenters. The molecule has 5 heteroatoms. The molecule has 0 N–H and O–H groups in total. The second-order valence-corrected chi connectivity index (χ2v) is 10.3. The fraction of sp³-hybridized carbons (Fsp3) is 0.778. The number of alkyl halides is 3. The summed E-state index contributed by atoms with van der Waals surface area (Å²) in [5, 5.41) is 0. The molecule has 0 aromatic heterocycles. The zero-order valence-corrected chi connectivity index (χ0v) is 19.6. The highest BCUT2D eigenvalue weighted by molar-refractivity contribution is 5.31. The largest absolute Gasteiger partial charge is 0.573 e. The van der Waals surface area contributed by atoms with E-state index in [0.29, 0.717) is 0 Å². The summed E-state index contributed by atoms with van der Waals surface area (Å²) in [5.41, 5.74) is 0.797. The summed E-state index contributed by atoms with van der Waals surface area (Å²) in [7, 11) is 0. The Hall–Kier alpha value is -1.26. The molecule has 1 aromatic carbocycles. The van der Waals surface area contributed by atoms with Gasteiger partial charge in [0, 0.05) is 0 Å². The Balaban J connectivity index is 1.32. The third-order valence-corrected chi connectivity index (χ3v) is 7.91. The van der Waals surface area contributed by atoms with Gasteiger partial charge in [0.1, 0.15) is 0 Å². The van der Waals surface area contributed by atoms with E-state index >= 15 is 0 Å². The molecule has 1 nitrogen and oxygen atoms in total. The maximum atomic E-state index is 14.0. The summed E-state index contributed by atoms with van der Waals surface area (Å²) in [6.45, 7) is 2.28. The van der Waals surface area contributed by atoms with Crippen LogP contribution in [-0.2, 0) is 0 Å². The summed E-state index contributed by atoms with van der Waals surface area (Å²) in [5.74, 6) is 1.21. The minimum atomic E-state index is -4.87. The van der Waals surface area contributed by atoms with Crippen molar-refractivity contribution in [2.45, 2.75) is 116 Å². The molecule has 2 fully saturated rings. The van der Waals surface area contributed by atoms with E-state index in [-0.39, 0.29) is 5.92 Å². The zero-order valence-electron chi connectivity index (χ0n) is 19.6. The molecule has 0 bridgehead atoms. The normalized spacial score (nSPS) is 26.8. The third-order valence-electron chi connectivity index (χ3n) is 7.91. The number of ether oxygens (including phenoxy) is 1. The molecule has 0 radical (unpaired) electrons. The predicted octanol–water partition coefficient (Wildman–Crippen LogP) is 9.56. The van der Waals surface area contributed by atoms with Gasteiger partial charge < -0.3 is 4.74 Å². The van der Waals surface area contributed by atoms with E-state index in [2.05, 4.69) is 11.7 Å². The van der Waals surface area contributed by atoms with Gasteiger partial charge in [-0.1, -0.05) is 83.6 Å². The van der Waals surface area contributed by atoms with Crippen LogP contribution < -0.4 is 4.74 Å². The van der Waals surface area contributed by atoms with E-state index in [0.717, 1.165) is 55.1 Å². The molecule has 2 aliphatic carbocycles. The molecule has 2 aliphatic rings. The summed E-state index contributed by atoms with van der Waals surface area (Å²) >= 11 is 0. The smallest absolute Gasteiger partial charge is 0.403 e. The molecule has 0 saturated heterocycles. The van der Waals surface area contributed by atoms with Crippen molar-refractivity contribution < 1.29 is 22.3 Å². The molecule has 2 saturated carbocycles. The number of hydrogen-bond acceptors (Lipinski definition) is 1. The summed E-state index contributed by atoms with van der Waals surface area (Å²) in [6, 6.07) is 3.93. The van der Waals surface area contributed by atoms with Crippen LogP contribution in [0.25, 0.3) is 0 Å². The lowest BCUT2D eigenvalue weighted by Gasteiger charge is -2.31. The summed E-state index contributed by atoms with van der Waals surface area (Å²) in [6.07, 6.45) is 14.6. The van der Waals surface area contributed by atoms with Gasteiger partial charge in [-0.25, -0.2) is 4.39 Å². The first-order valence-electron chi connectivity index (χ1n) is 12.9. The minimum absolute atomic E-state index is 0.240. The average Bonchev–Trinajstić information content (AvgIpc) is 2.76. The Morgan fingerprint density at radius 2 is 1.31 bits per heavy atom. The van der Waals surface area contributed by atoms with E-state index in [4.69, 9.17) is 0 Å². The molecule has 0 atom stereocenters. The Bertz CT molecular complexity index is 671. The first kappa shape index (κ1) is 25.4. The Morgan fingerprint density at radius 3 is 1.81 bits per heavy atom. The van der Waals surface area contributed by atoms with Crippen molar-refractivity contribution in [3.63, 3.8) is 0 Å². The van der Waals surface area contributed by atoms with Crippen molar-refractivity contribution in [3.05, 3.63) is 29.6 Å². The van der Waals surface area contributed by atoms with Gasteiger partial charge in [-0.2, -0.15) is 0 Å². The molecular weight excluding hydrogens is 416 g/mol. The molecule has 0 heterocycles. The molecule has 0 aliphatic heterocycles. The number of hydrogen-bond donors (Lipinski definition) is 0. The maximum Gasteiger partial charge on any atom is 0.573 e. The quantitative estimate of drug-likeness (QED) is 0.251. The van der Waals surface area contributed by atoms with Crippen molar-refractivity contribution in [3.8, 4) is 5.75 Å². The van der Waals surface area contributed by atoms with Crippen LogP contribution in [0.2, 0.25) is 0 Å². The van der Waals surface area contributed by atoms with Crippen LogP contribution in [0.4, 0.5) is 17.6 Å². The van der Waals surface area contributed by atoms with Crippen LogP contribution in [-0.4, -0.2) is 6.36 Å². The summed E-state index contributed by atoms with van der Waals surface area (Å²) < 4.78 is 54.7. The highest BCUT2D eigenvalue weighted by Crippen LogP contribution is 2.40. The van der Waals surface area contributed by atoms with Crippen molar-refractivity contribution in [2.75, 3.05) is 0 Å². The maximum absolute atomic E-state index is 14.0. The molecular formula is C27H40F4O. The SMILES string of the molecule is CCCCCC1CCC(CCCC2CCC(c3ccc(OC(F)(F)F)c(F)c3)CC2)CC1.